The third-order valence-electron chi connectivity index (χ3n) is 3.88. The zero-order valence-electron chi connectivity index (χ0n) is 13.7. The van der Waals surface area contributed by atoms with Crippen LogP contribution < -0.4 is 0 Å². The number of aryl methyl sites for hydroxylation is 2. The molecule has 3 rings (SSSR count). The van der Waals surface area contributed by atoms with E-state index in [2.05, 4.69) is 64.6 Å². The Morgan fingerprint density at radius 1 is 1.09 bits per heavy atom. The predicted molar refractivity (Wildman–Crippen MR) is 95.6 cm³/mol. The summed E-state index contributed by atoms with van der Waals surface area (Å²) in [5, 5.41) is 3.24. The third kappa shape index (κ3) is 3.84. The maximum absolute atomic E-state index is 4.59. The Labute approximate surface area is 141 Å². The second kappa shape index (κ2) is 7.02. The fourth-order valence-corrected chi connectivity index (χ4v) is 3.37. The van der Waals surface area contributed by atoms with Crippen LogP contribution in [0.1, 0.15) is 33.6 Å². The van der Waals surface area contributed by atoms with E-state index in [-0.39, 0.29) is 6.04 Å². The molecule has 0 amide bonds. The van der Waals surface area contributed by atoms with Crippen molar-refractivity contribution in [3.05, 3.63) is 81.6 Å². The van der Waals surface area contributed by atoms with Gasteiger partial charge in [0.1, 0.15) is 0 Å². The minimum atomic E-state index is 0.124. The van der Waals surface area contributed by atoms with Gasteiger partial charge in [-0.25, -0.2) is 4.98 Å². The Bertz CT molecular complexity index is 750. The average Bonchev–Trinajstić information content (AvgIpc) is 2.95. The summed E-state index contributed by atoms with van der Waals surface area (Å²) < 4.78 is 0. The summed E-state index contributed by atoms with van der Waals surface area (Å²) in [7, 11) is 2.13. The van der Waals surface area contributed by atoms with Crippen molar-refractivity contribution in [2.75, 3.05) is 7.05 Å². The molecule has 0 spiro atoms. The van der Waals surface area contributed by atoms with E-state index in [1.165, 1.54) is 11.1 Å². The Morgan fingerprint density at radius 3 is 2.48 bits per heavy atom. The molecule has 0 N–H and O–H groups in total. The van der Waals surface area contributed by atoms with Crippen molar-refractivity contribution in [3.8, 4) is 0 Å². The van der Waals surface area contributed by atoms with Crippen LogP contribution in [-0.2, 0) is 6.54 Å². The zero-order chi connectivity index (χ0) is 16.2. The van der Waals surface area contributed by atoms with Gasteiger partial charge in [-0.1, -0.05) is 35.9 Å². The molecule has 0 aliphatic heterocycles. The van der Waals surface area contributed by atoms with Gasteiger partial charge in [-0.05, 0) is 38.6 Å². The van der Waals surface area contributed by atoms with Crippen LogP contribution in [0.2, 0.25) is 0 Å². The molecule has 2 aromatic heterocycles. The number of benzene rings is 1. The minimum Gasteiger partial charge on any atom is -0.288 e. The number of pyridine rings is 1. The van der Waals surface area contributed by atoms with Crippen LogP contribution in [0.4, 0.5) is 0 Å². The van der Waals surface area contributed by atoms with Gasteiger partial charge < -0.3 is 0 Å². The zero-order valence-corrected chi connectivity index (χ0v) is 14.5. The van der Waals surface area contributed by atoms with Gasteiger partial charge in [0.05, 0.1) is 22.4 Å². The molecule has 4 heteroatoms. The second-order valence-corrected chi connectivity index (χ2v) is 6.90. The molecule has 2 heterocycles. The quantitative estimate of drug-likeness (QED) is 0.698. The highest BCUT2D eigenvalue weighted by atomic mass is 32.1. The lowest BCUT2D eigenvalue weighted by Gasteiger charge is -2.27. The van der Waals surface area contributed by atoms with Crippen molar-refractivity contribution in [2.24, 2.45) is 0 Å². The smallest absolute Gasteiger partial charge is 0.0897 e. The number of nitrogens with zero attached hydrogens (tertiary/aromatic N) is 3. The molecule has 0 saturated carbocycles. The summed E-state index contributed by atoms with van der Waals surface area (Å²) in [6, 6.07) is 14.9. The molecular formula is C19H21N3S. The average molecular weight is 323 g/mol. The molecule has 3 aromatic rings. The first-order valence-corrected chi connectivity index (χ1v) is 8.60. The molecule has 0 fully saturated rings. The van der Waals surface area contributed by atoms with Gasteiger partial charge >= 0.3 is 0 Å². The maximum Gasteiger partial charge on any atom is 0.0897 e. The Balaban J connectivity index is 1.92. The number of hydrogen-bond donors (Lipinski definition) is 0. The third-order valence-corrected chi connectivity index (χ3v) is 4.70. The van der Waals surface area contributed by atoms with Gasteiger partial charge in [0.15, 0.2) is 0 Å². The predicted octanol–water partition coefficient (Wildman–Crippen LogP) is 4.38. The molecule has 0 saturated heterocycles. The summed E-state index contributed by atoms with van der Waals surface area (Å²) in [6.45, 7) is 4.96. The van der Waals surface area contributed by atoms with Crippen molar-refractivity contribution >= 4 is 11.3 Å². The number of hydrogen-bond acceptors (Lipinski definition) is 4. The molecule has 1 aromatic carbocycles. The van der Waals surface area contributed by atoms with Crippen LogP contribution in [0.15, 0.2) is 54.0 Å². The van der Waals surface area contributed by atoms with Crippen LogP contribution >= 0.6 is 11.3 Å². The molecule has 3 nitrogen and oxygen atoms in total. The van der Waals surface area contributed by atoms with Crippen molar-refractivity contribution in [1.82, 2.24) is 14.9 Å². The summed E-state index contributed by atoms with van der Waals surface area (Å²) >= 11 is 1.70. The molecule has 118 valence electrons. The van der Waals surface area contributed by atoms with Crippen molar-refractivity contribution < 1.29 is 0 Å². The van der Waals surface area contributed by atoms with Crippen LogP contribution in [0, 0.1) is 13.8 Å². The van der Waals surface area contributed by atoms with Crippen molar-refractivity contribution in [2.45, 2.75) is 26.4 Å². The van der Waals surface area contributed by atoms with Gasteiger partial charge in [0.2, 0.25) is 0 Å². The molecular weight excluding hydrogens is 302 g/mol. The Kier molecular flexibility index (Phi) is 4.84. The molecule has 0 radical (unpaired) electrons. The largest absolute Gasteiger partial charge is 0.288 e. The van der Waals surface area contributed by atoms with Crippen molar-refractivity contribution in [3.63, 3.8) is 0 Å². The first kappa shape index (κ1) is 15.8. The first-order valence-electron chi connectivity index (χ1n) is 7.72. The van der Waals surface area contributed by atoms with E-state index < -0.39 is 0 Å². The van der Waals surface area contributed by atoms with E-state index >= 15 is 0 Å². The van der Waals surface area contributed by atoms with Crippen LogP contribution in [0.3, 0.4) is 0 Å². The fraction of sp³-hybridized carbons (Fsp3) is 0.263. The lowest BCUT2D eigenvalue weighted by molar-refractivity contribution is 0.263. The standard InChI is InChI=1S/C19H21N3S/c1-14-7-9-16(10-8-14)19(18-6-4-5-11-20-18)22(3)12-17-13-23-15(2)21-17/h4-11,13,19H,12H2,1-3H3. The van der Waals surface area contributed by atoms with E-state index in [0.717, 1.165) is 22.9 Å². The van der Waals surface area contributed by atoms with Crippen molar-refractivity contribution in [1.29, 1.82) is 0 Å². The van der Waals surface area contributed by atoms with E-state index in [4.69, 9.17) is 0 Å². The highest BCUT2D eigenvalue weighted by Crippen LogP contribution is 2.28. The van der Waals surface area contributed by atoms with E-state index in [1.54, 1.807) is 11.3 Å². The molecule has 1 atom stereocenters. The van der Waals surface area contributed by atoms with Crippen LogP contribution in [0.25, 0.3) is 0 Å². The topological polar surface area (TPSA) is 29.0 Å². The van der Waals surface area contributed by atoms with E-state index in [0.29, 0.717) is 0 Å². The highest BCUT2D eigenvalue weighted by molar-refractivity contribution is 7.09. The number of aromatic nitrogens is 2. The molecule has 1 unspecified atom stereocenters. The SMILES string of the molecule is Cc1ccc(C(c2ccccn2)N(C)Cc2csc(C)n2)cc1. The fourth-order valence-electron chi connectivity index (χ4n) is 2.77. The lowest BCUT2D eigenvalue weighted by atomic mass is 10.0. The van der Waals surface area contributed by atoms with Gasteiger partial charge in [0.25, 0.3) is 0 Å². The van der Waals surface area contributed by atoms with Gasteiger partial charge in [-0.15, -0.1) is 11.3 Å². The summed E-state index contributed by atoms with van der Waals surface area (Å²) in [5.41, 5.74) is 4.70. The van der Waals surface area contributed by atoms with Crippen LogP contribution in [0.5, 0.6) is 0 Å². The summed E-state index contributed by atoms with van der Waals surface area (Å²) in [5.74, 6) is 0. The number of thiazole rings is 1. The summed E-state index contributed by atoms with van der Waals surface area (Å²) in [6.07, 6.45) is 1.86. The van der Waals surface area contributed by atoms with E-state index in [9.17, 15) is 0 Å². The minimum absolute atomic E-state index is 0.124. The van der Waals surface area contributed by atoms with Crippen LogP contribution in [-0.4, -0.2) is 21.9 Å². The first-order chi connectivity index (χ1) is 11.1. The summed E-state index contributed by atoms with van der Waals surface area (Å²) in [4.78, 5) is 11.5. The lowest BCUT2D eigenvalue weighted by Crippen LogP contribution is -2.26. The monoisotopic (exact) mass is 323 g/mol. The van der Waals surface area contributed by atoms with Gasteiger partial charge in [0, 0.05) is 18.1 Å². The van der Waals surface area contributed by atoms with Gasteiger partial charge in [-0.2, -0.15) is 0 Å². The molecule has 0 bridgehead atoms. The second-order valence-electron chi connectivity index (χ2n) is 5.84. The Morgan fingerprint density at radius 2 is 1.87 bits per heavy atom. The van der Waals surface area contributed by atoms with E-state index in [1.807, 2.05) is 25.3 Å². The molecule has 0 aliphatic carbocycles. The normalized spacial score (nSPS) is 12.5. The maximum atomic E-state index is 4.59. The molecule has 0 aliphatic rings. The van der Waals surface area contributed by atoms with Gasteiger partial charge in [-0.3, -0.25) is 9.88 Å². The molecule has 23 heavy (non-hydrogen) atoms. The Hall–Kier alpha value is -2.04. The number of rotatable bonds is 5. The highest BCUT2D eigenvalue weighted by Gasteiger charge is 2.21.